The molecule has 0 aliphatic rings. The van der Waals surface area contributed by atoms with Crippen molar-refractivity contribution in [3.8, 4) is 5.75 Å². The molecule has 0 radical (unpaired) electrons. The maximum absolute atomic E-state index is 11.8. The Morgan fingerprint density at radius 1 is 1.16 bits per heavy atom. The van der Waals surface area contributed by atoms with E-state index in [1.54, 1.807) is 24.3 Å². The van der Waals surface area contributed by atoms with Crippen molar-refractivity contribution in [1.82, 2.24) is 0 Å². The van der Waals surface area contributed by atoms with E-state index in [1.807, 2.05) is 24.3 Å². The van der Waals surface area contributed by atoms with Gasteiger partial charge in [-0.25, -0.2) is 0 Å². The summed E-state index contributed by atoms with van der Waals surface area (Å²) in [7, 11) is 0. The monoisotopic (exact) mass is 292 g/mol. The lowest BCUT2D eigenvalue weighted by atomic mass is 10.1. The molecule has 0 aliphatic heterocycles. The summed E-state index contributed by atoms with van der Waals surface area (Å²) >= 11 is 7.35. The number of phenolic OH excluding ortho intramolecular Hbond substituents is 1. The molecule has 2 rings (SSSR count). The van der Waals surface area contributed by atoms with Crippen LogP contribution in [0, 0.1) is 0 Å². The predicted molar refractivity (Wildman–Crippen MR) is 79.0 cm³/mol. The second-order valence-corrected chi connectivity index (χ2v) is 5.62. The van der Waals surface area contributed by atoms with Crippen LogP contribution in [0.3, 0.4) is 0 Å². The molecule has 0 atom stereocenters. The Hall–Kier alpha value is -1.45. The van der Waals surface area contributed by atoms with Crippen molar-refractivity contribution in [2.45, 2.75) is 11.3 Å². The second kappa shape index (κ2) is 6.64. The number of aromatic hydroxyl groups is 1. The fourth-order valence-corrected chi connectivity index (χ4v) is 2.74. The number of hydrogen-bond donors (Lipinski definition) is 1. The van der Waals surface area contributed by atoms with E-state index in [0.29, 0.717) is 17.2 Å². The third kappa shape index (κ3) is 4.62. The lowest BCUT2D eigenvalue weighted by molar-refractivity contribution is -0.116. The molecule has 0 unspecified atom stereocenters. The van der Waals surface area contributed by atoms with Crippen LogP contribution in [0.25, 0.3) is 0 Å². The van der Waals surface area contributed by atoms with Crippen molar-refractivity contribution in [3.63, 3.8) is 0 Å². The molecule has 0 aliphatic carbocycles. The van der Waals surface area contributed by atoms with Gasteiger partial charge >= 0.3 is 0 Å². The Bertz CT molecular complexity index is 584. The minimum Gasteiger partial charge on any atom is -0.508 e. The summed E-state index contributed by atoms with van der Waals surface area (Å²) in [5, 5.41) is 10.0. The molecular formula is C15H13ClO2S. The zero-order chi connectivity index (χ0) is 13.7. The highest BCUT2D eigenvalue weighted by Crippen LogP contribution is 2.22. The van der Waals surface area contributed by atoms with Gasteiger partial charge < -0.3 is 5.11 Å². The molecule has 4 heteroatoms. The smallest absolute Gasteiger partial charge is 0.147 e. The van der Waals surface area contributed by atoms with Crippen LogP contribution in [0.2, 0.25) is 5.02 Å². The Labute approximate surface area is 121 Å². The zero-order valence-corrected chi connectivity index (χ0v) is 11.7. The topological polar surface area (TPSA) is 37.3 Å². The first-order valence-electron chi connectivity index (χ1n) is 5.81. The van der Waals surface area contributed by atoms with Gasteiger partial charge in [0.25, 0.3) is 0 Å². The van der Waals surface area contributed by atoms with E-state index in [9.17, 15) is 9.90 Å². The van der Waals surface area contributed by atoms with E-state index < -0.39 is 0 Å². The number of halogens is 1. The van der Waals surface area contributed by atoms with E-state index in [0.717, 1.165) is 10.5 Å². The molecule has 0 fully saturated rings. The highest BCUT2D eigenvalue weighted by molar-refractivity contribution is 8.00. The number of Topliss-reactive ketones (excluding diaryl/α,β-unsaturated/α-hetero) is 1. The molecule has 19 heavy (non-hydrogen) atoms. The number of hydrogen-bond acceptors (Lipinski definition) is 3. The Morgan fingerprint density at radius 2 is 1.95 bits per heavy atom. The van der Waals surface area contributed by atoms with Gasteiger partial charge in [-0.05, 0) is 35.9 Å². The number of rotatable bonds is 5. The van der Waals surface area contributed by atoms with Crippen molar-refractivity contribution < 1.29 is 9.90 Å². The molecule has 2 nitrogen and oxygen atoms in total. The summed E-state index contributed by atoms with van der Waals surface area (Å²) in [5.41, 5.74) is 0.830. The number of benzene rings is 2. The van der Waals surface area contributed by atoms with Crippen LogP contribution < -0.4 is 0 Å². The molecule has 0 amide bonds. The Morgan fingerprint density at radius 3 is 2.68 bits per heavy atom. The number of ketones is 1. The van der Waals surface area contributed by atoms with Crippen molar-refractivity contribution in [2.75, 3.05) is 5.75 Å². The SMILES string of the molecule is O=C(CSc1cccc(Cl)c1)Cc1cccc(O)c1. The molecular weight excluding hydrogens is 280 g/mol. The van der Waals surface area contributed by atoms with Gasteiger partial charge in [0.2, 0.25) is 0 Å². The largest absolute Gasteiger partial charge is 0.508 e. The van der Waals surface area contributed by atoms with Crippen LogP contribution in [0.4, 0.5) is 0 Å². The van der Waals surface area contributed by atoms with Gasteiger partial charge in [0, 0.05) is 16.3 Å². The number of phenols is 1. The summed E-state index contributed by atoms with van der Waals surface area (Å²) in [4.78, 5) is 12.8. The van der Waals surface area contributed by atoms with E-state index in [4.69, 9.17) is 11.6 Å². The second-order valence-electron chi connectivity index (χ2n) is 4.13. The third-order valence-corrected chi connectivity index (χ3v) is 3.80. The van der Waals surface area contributed by atoms with Gasteiger partial charge in [-0.2, -0.15) is 0 Å². The van der Waals surface area contributed by atoms with Gasteiger partial charge in [-0.15, -0.1) is 11.8 Å². The maximum atomic E-state index is 11.8. The average molecular weight is 293 g/mol. The quantitative estimate of drug-likeness (QED) is 0.848. The Balaban J connectivity index is 1.88. The van der Waals surface area contributed by atoms with Crippen LogP contribution in [0.5, 0.6) is 5.75 Å². The number of carbonyl (C=O) groups is 1. The summed E-state index contributed by atoms with van der Waals surface area (Å²) < 4.78 is 0. The van der Waals surface area contributed by atoms with E-state index >= 15 is 0 Å². The fraction of sp³-hybridized carbons (Fsp3) is 0.133. The van der Waals surface area contributed by atoms with Gasteiger partial charge in [0.15, 0.2) is 0 Å². The molecule has 0 spiro atoms. The summed E-state index contributed by atoms with van der Waals surface area (Å²) in [6.45, 7) is 0. The first-order valence-corrected chi connectivity index (χ1v) is 7.18. The first-order chi connectivity index (χ1) is 9.13. The van der Waals surface area contributed by atoms with Gasteiger partial charge in [-0.3, -0.25) is 4.79 Å². The lowest BCUT2D eigenvalue weighted by Crippen LogP contribution is -2.05. The standard InChI is InChI=1S/C15H13ClO2S/c16-12-4-2-6-15(9-12)19-10-14(18)8-11-3-1-5-13(17)7-11/h1-7,9,17H,8,10H2. The summed E-state index contributed by atoms with van der Waals surface area (Å²) in [5.74, 6) is 0.707. The van der Waals surface area contributed by atoms with E-state index in [-0.39, 0.29) is 11.5 Å². The van der Waals surface area contributed by atoms with E-state index in [2.05, 4.69) is 0 Å². The van der Waals surface area contributed by atoms with Crippen LogP contribution in [0.1, 0.15) is 5.56 Å². The van der Waals surface area contributed by atoms with Crippen LogP contribution in [-0.4, -0.2) is 16.6 Å². The summed E-state index contributed by atoms with van der Waals surface area (Å²) in [6, 6.07) is 14.2. The molecule has 98 valence electrons. The molecule has 2 aromatic rings. The molecule has 0 heterocycles. The van der Waals surface area contributed by atoms with Gasteiger partial charge in [0.05, 0.1) is 5.75 Å². The van der Waals surface area contributed by atoms with Gasteiger partial charge in [0.1, 0.15) is 11.5 Å². The molecule has 0 aromatic heterocycles. The summed E-state index contributed by atoms with van der Waals surface area (Å²) in [6.07, 6.45) is 0.335. The van der Waals surface area contributed by atoms with Crippen molar-refractivity contribution in [3.05, 3.63) is 59.1 Å². The van der Waals surface area contributed by atoms with Crippen molar-refractivity contribution in [1.29, 1.82) is 0 Å². The maximum Gasteiger partial charge on any atom is 0.147 e. The molecule has 0 saturated carbocycles. The van der Waals surface area contributed by atoms with Crippen LogP contribution in [0.15, 0.2) is 53.4 Å². The normalized spacial score (nSPS) is 10.4. The van der Waals surface area contributed by atoms with Crippen molar-refractivity contribution >= 4 is 29.1 Å². The van der Waals surface area contributed by atoms with Crippen molar-refractivity contribution in [2.24, 2.45) is 0 Å². The highest BCUT2D eigenvalue weighted by atomic mass is 35.5. The van der Waals surface area contributed by atoms with Gasteiger partial charge in [-0.1, -0.05) is 29.8 Å². The number of carbonyl (C=O) groups excluding carboxylic acids is 1. The first kappa shape index (κ1) is 14.0. The molecule has 2 aromatic carbocycles. The minimum absolute atomic E-state index is 0.121. The molecule has 0 bridgehead atoms. The Kier molecular flexibility index (Phi) is 4.88. The molecule has 1 N–H and O–H groups in total. The lowest BCUT2D eigenvalue weighted by Gasteiger charge is -2.03. The van der Waals surface area contributed by atoms with Crippen LogP contribution >= 0.6 is 23.4 Å². The van der Waals surface area contributed by atoms with Crippen LogP contribution in [-0.2, 0) is 11.2 Å². The number of thioether (sulfide) groups is 1. The molecule has 0 saturated heterocycles. The fourth-order valence-electron chi connectivity index (χ4n) is 1.67. The average Bonchev–Trinajstić information content (AvgIpc) is 2.36. The minimum atomic E-state index is 0.121. The third-order valence-electron chi connectivity index (χ3n) is 2.51. The van der Waals surface area contributed by atoms with E-state index in [1.165, 1.54) is 11.8 Å². The highest BCUT2D eigenvalue weighted by Gasteiger charge is 2.06. The zero-order valence-electron chi connectivity index (χ0n) is 10.2. The predicted octanol–water partition coefficient (Wildman–Crippen LogP) is 3.95.